The molecule has 7 heteroatoms. The number of halogens is 1. The molecule has 0 bridgehead atoms. The van der Waals surface area contributed by atoms with Crippen molar-refractivity contribution in [3.63, 3.8) is 0 Å². The van der Waals surface area contributed by atoms with Crippen LogP contribution >= 0.6 is 23.6 Å². The number of thiazole rings is 1. The van der Waals surface area contributed by atoms with Crippen molar-refractivity contribution in [2.24, 2.45) is 4.99 Å². The predicted molar refractivity (Wildman–Crippen MR) is 100 cm³/mol. The number of hydrogen-bond donors (Lipinski definition) is 1. The molecule has 26 heavy (non-hydrogen) atoms. The van der Waals surface area contributed by atoms with Gasteiger partial charge in [0.15, 0.2) is 3.95 Å². The number of aryl methyl sites for hydroxylation is 2. The minimum atomic E-state index is -0.509. The lowest BCUT2D eigenvalue weighted by Crippen LogP contribution is -2.23. The van der Waals surface area contributed by atoms with Crippen molar-refractivity contribution in [1.29, 1.82) is 0 Å². The number of carbonyl (C=O) groups is 1. The van der Waals surface area contributed by atoms with Crippen LogP contribution in [0.25, 0.3) is 11.3 Å². The summed E-state index contributed by atoms with van der Waals surface area (Å²) >= 11 is 6.54. The number of hydrogen-bond acceptors (Lipinski definition) is 4. The van der Waals surface area contributed by atoms with Gasteiger partial charge in [-0.05, 0) is 61.5 Å². The number of amides is 1. The second-order valence-corrected chi connectivity index (χ2v) is 7.74. The third-order valence-corrected chi connectivity index (χ3v) is 5.66. The molecule has 130 valence electrons. The molecular formula is C19H13FN2O2S2. The summed E-state index contributed by atoms with van der Waals surface area (Å²) < 4.78 is 15.6. The van der Waals surface area contributed by atoms with Crippen LogP contribution in [0.3, 0.4) is 0 Å². The number of benzene rings is 2. The largest absolute Gasteiger partial charge is 0.493 e. The average Bonchev–Trinajstić information content (AvgIpc) is 3.05. The molecular weight excluding hydrogens is 371 g/mol. The minimum absolute atomic E-state index is 0.135. The van der Waals surface area contributed by atoms with Gasteiger partial charge >= 0.3 is 0 Å². The molecule has 2 aromatic carbocycles. The van der Waals surface area contributed by atoms with Gasteiger partial charge in [-0.2, -0.15) is 0 Å². The van der Waals surface area contributed by atoms with Crippen molar-refractivity contribution in [3.05, 3.63) is 72.7 Å². The van der Waals surface area contributed by atoms with Crippen molar-refractivity contribution in [3.8, 4) is 11.6 Å². The Labute approximate surface area is 157 Å². The van der Waals surface area contributed by atoms with Gasteiger partial charge in [-0.3, -0.25) is 9.36 Å². The molecule has 0 aliphatic carbocycles. The van der Waals surface area contributed by atoms with Crippen molar-refractivity contribution in [2.75, 3.05) is 0 Å². The summed E-state index contributed by atoms with van der Waals surface area (Å²) in [6, 6.07) is 9.79. The maximum Gasteiger partial charge on any atom is 0.279 e. The zero-order valence-corrected chi connectivity index (χ0v) is 15.5. The van der Waals surface area contributed by atoms with Gasteiger partial charge in [0.2, 0.25) is 5.88 Å². The summed E-state index contributed by atoms with van der Waals surface area (Å²) in [5, 5.41) is 11.6. The Morgan fingerprint density at radius 1 is 1.19 bits per heavy atom. The lowest BCUT2D eigenvalue weighted by atomic mass is 10.1. The Morgan fingerprint density at radius 2 is 1.96 bits per heavy atom. The smallest absolute Gasteiger partial charge is 0.279 e. The molecule has 3 aromatic rings. The molecule has 2 heterocycles. The van der Waals surface area contributed by atoms with E-state index < -0.39 is 11.7 Å². The highest BCUT2D eigenvalue weighted by molar-refractivity contribution is 7.73. The molecule has 0 atom stereocenters. The first kappa shape index (κ1) is 16.8. The van der Waals surface area contributed by atoms with Gasteiger partial charge in [-0.1, -0.05) is 12.1 Å². The summed E-state index contributed by atoms with van der Waals surface area (Å²) in [7, 11) is 0. The molecule has 1 aliphatic heterocycles. The van der Waals surface area contributed by atoms with E-state index in [0.29, 0.717) is 19.4 Å². The van der Waals surface area contributed by atoms with Gasteiger partial charge in [0, 0.05) is 5.22 Å². The zero-order chi connectivity index (χ0) is 18.6. The van der Waals surface area contributed by atoms with Crippen LogP contribution in [0, 0.1) is 23.6 Å². The molecule has 0 fully saturated rings. The molecule has 1 amide bonds. The van der Waals surface area contributed by atoms with Crippen LogP contribution in [0.5, 0.6) is 5.88 Å². The number of aromatic hydroxyl groups is 1. The molecule has 0 spiro atoms. The molecule has 4 nitrogen and oxygen atoms in total. The van der Waals surface area contributed by atoms with Crippen LogP contribution in [0.1, 0.15) is 16.0 Å². The van der Waals surface area contributed by atoms with Gasteiger partial charge in [-0.15, -0.1) is 11.3 Å². The van der Waals surface area contributed by atoms with E-state index in [2.05, 4.69) is 4.99 Å². The molecule has 0 saturated carbocycles. The fraction of sp³-hybridized carbons (Fsp3) is 0.105. The van der Waals surface area contributed by atoms with Gasteiger partial charge in [0.25, 0.3) is 5.91 Å². The first-order chi connectivity index (χ1) is 12.4. The van der Waals surface area contributed by atoms with E-state index in [0.717, 1.165) is 28.2 Å². The average molecular weight is 384 g/mol. The molecule has 1 aromatic heterocycles. The Morgan fingerprint density at radius 3 is 2.73 bits per heavy atom. The Balaban J connectivity index is 2.04. The monoisotopic (exact) mass is 384 g/mol. The lowest BCUT2D eigenvalue weighted by molar-refractivity contribution is -0.112. The van der Waals surface area contributed by atoms with E-state index in [1.807, 2.05) is 32.0 Å². The molecule has 1 N–H and O–H groups in total. The fourth-order valence-electron chi connectivity index (χ4n) is 3.01. The van der Waals surface area contributed by atoms with E-state index in [1.165, 1.54) is 22.8 Å². The highest BCUT2D eigenvalue weighted by Gasteiger charge is 2.26. The number of aromatic nitrogens is 1. The maximum absolute atomic E-state index is 13.7. The summed E-state index contributed by atoms with van der Waals surface area (Å²) in [6.07, 6.45) is 0. The van der Waals surface area contributed by atoms with Gasteiger partial charge < -0.3 is 5.11 Å². The second kappa shape index (κ2) is 5.96. The Bertz CT molecular complexity index is 1270. The van der Waals surface area contributed by atoms with E-state index in [4.69, 9.17) is 12.2 Å². The van der Waals surface area contributed by atoms with Crippen LogP contribution in [-0.2, 0) is 4.79 Å². The van der Waals surface area contributed by atoms with Crippen LogP contribution < -0.4 is 10.6 Å². The molecule has 0 radical (unpaired) electrons. The van der Waals surface area contributed by atoms with E-state index in [-0.39, 0.29) is 11.5 Å². The summed E-state index contributed by atoms with van der Waals surface area (Å²) in [4.78, 5) is 16.6. The second-order valence-electron chi connectivity index (χ2n) is 6.10. The highest BCUT2D eigenvalue weighted by atomic mass is 32.1. The van der Waals surface area contributed by atoms with Crippen LogP contribution in [0.15, 0.2) is 41.4 Å². The normalized spacial score (nSPS) is 13.0. The quantitative estimate of drug-likeness (QED) is 0.691. The Kier molecular flexibility index (Phi) is 3.86. The summed E-state index contributed by atoms with van der Waals surface area (Å²) in [5.41, 5.74) is 2.88. The van der Waals surface area contributed by atoms with Crippen LogP contribution in [0.2, 0.25) is 0 Å². The number of nitrogens with zero attached hydrogens (tertiary/aromatic N) is 2. The lowest BCUT2D eigenvalue weighted by Gasteiger charge is -2.10. The van der Waals surface area contributed by atoms with Crippen molar-refractivity contribution in [2.45, 2.75) is 13.8 Å². The molecule has 0 unspecified atom stereocenters. The third kappa shape index (κ3) is 2.51. The van der Waals surface area contributed by atoms with E-state index in [1.54, 1.807) is 0 Å². The minimum Gasteiger partial charge on any atom is -0.493 e. The third-order valence-electron chi connectivity index (χ3n) is 4.28. The summed E-state index contributed by atoms with van der Waals surface area (Å²) in [6.45, 7) is 3.87. The van der Waals surface area contributed by atoms with Crippen LogP contribution in [0.4, 0.5) is 4.39 Å². The predicted octanol–water partition coefficient (Wildman–Crippen LogP) is 3.09. The van der Waals surface area contributed by atoms with Crippen molar-refractivity contribution >= 4 is 35.0 Å². The molecule has 4 rings (SSSR count). The first-order valence-corrected chi connectivity index (χ1v) is 9.05. The van der Waals surface area contributed by atoms with Crippen molar-refractivity contribution < 1.29 is 14.3 Å². The number of fused-ring (bicyclic) bond motifs is 1. The topological polar surface area (TPSA) is 54.6 Å². The molecule has 1 aliphatic rings. The fourth-order valence-corrected chi connectivity index (χ4v) is 4.38. The highest BCUT2D eigenvalue weighted by Crippen LogP contribution is 2.35. The zero-order valence-electron chi connectivity index (χ0n) is 13.9. The number of carbonyl (C=O) groups excluding carboxylic acids is 1. The molecule has 0 saturated heterocycles. The van der Waals surface area contributed by atoms with Gasteiger partial charge in [-0.25, -0.2) is 9.38 Å². The number of rotatable bonds is 2. The van der Waals surface area contributed by atoms with Gasteiger partial charge in [0.05, 0.1) is 16.6 Å². The maximum atomic E-state index is 13.7. The van der Waals surface area contributed by atoms with E-state index >= 15 is 0 Å². The van der Waals surface area contributed by atoms with Crippen molar-refractivity contribution in [1.82, 2.24) is 4.57 Å². The summed E-state index contributed by atoms with van der Waals surface area (Å²) in [5.74, 6) is -1.11. The SMILES string of the molecule is Cc1ccc(C)c(-n2c(O)c(C3=c4cc(F)ccc4=NC3=O)sc2=S)c1. The van der Waals surface area contributed by atoms with Crippen LogP contribution in [-0.4, -0.2) is 15.6 Å². The standard InChI is InChI=1S/C19H13FN2O2S2/c1-9-3-4-10(2)14(7-9)22-18(24)16(26-19(22)25)15-12-8-11(20)5-6-13(12)21-17(15)23/h3-8,24H,1-2H3. The first-order valence-electron chi connectivity index (χ1n) is 7.82. The Hall–Kier alpha value is -2.64. The van der Waals surface area contributed by atoms with Gasteiger partial charge in [0.1, 0.15) is 10.7 Å². The van der Waals surface area contributed by atoms with E-state index in [9.17, 15) is 14.3 Å².